The average molecular weight is 249 g/mol. The highest BCUT2D eigenvalue weighted by atomic mass is 35.5. The van der Waals surface area contributed by atoms with Gasteiger partial charge >= 0.3 is 0 Å². The maximum atomic E-state index is 11.2. The molecule has 1 atom stereocenters. The number of aliphatic hydroxyl groups is 1. The molecule has 0 saturated heterocycles. The van der Waals surface area contributed by atoms with E-state index >= 15 is 0 Å². The zero-order chi connectivity index (χ0) is 11.6. The fourth-order valence-electron chi connectivity index (χ4n) is 0.940. The molecular weight excluding hydrogens is 239 g/mol. The van der Waals surface area contributed by atoms with Gasteiger partial charge in [-0.1, -0.05) is 23.2 Å². The van der Waals surface area contributed by atoms with Crippen molar-refractivity contribution >= 4 is 40.5 Å². The molecule has 0 radical (unpaired) electrons. The number of nitrogens with one attached hydrogen (secondary N) is 1. The molecule has 1 amide bonds. The molecule has 1 unspecified atom stereocenters. The van der Waals surface area contributed by atoms with Crippen molar-refractivity contribution in [2.24, 2.45) is 0 Å². The largest absolute Gasteiger partial charge is 0.399 e. The van der Waals surface area contributed by atoms with Gasteiger partial charge in [-0.15, -0.1) is 0 Å². The number of carbonyl (C=O) groups is 1. The van der Waals surface area contributed by atoms with Crippen LogP contribution in [0.3, 0.4) is 0 Å². The second-order valence-corrected chi connectivity index (χ2v) is 3.84. The molecule has 0 aliphatic rings. The Hall–Kier alpha value is -0.970. The van der Waals surface area contributed by atoms with Gasteiger partial charge in [0.05, 0.1) is 15.7 Å². The summed E-state index contributed by atoms with van der Waals surface area (Å²) in [6.45, 7) is 1.34. The molecule has 0 aromatic heterocycles. The van der Waals surface area contributed by atoms with Crippen molar-refractivity contribution in [3.05, 3.63) is 22.2 Å². The van der Waals surface area contributed by atoms with E-state index in [0.29, 0.717) is 5.69 Å². The van der Waals surface area contributed by atoms with Gasteiger partial charge in [-0.2, -0.15) is 0 Å². The van der Waals surface area contributed by atoms with E-state index in [-0.39, 0.29) is 15.7 Å². The maximum Gasteiger partial charge on any atom is 0.252 e. The minimum Gasteiger partial charge on any atom is -0.399 e. The summed E-state index contributed by atoms with van der Waals surface area (Å²) in [4.78, 5) is 11.2. The van der Waals surface area contributed by atoms with Gasteiger partial charge in [0, 0.05) is 5.69 Å². The van der Waals surface area contributed by atoms with E-state index in [1.807, 2.05) is 0 Å². The lowest BCUT2D eigenvalue weighted by Crippen LogP contribution is -2.24. The number of halogens is 2. The normalized spacial score (nSPS) is 12.3. The van der Waals surface area contributed by atoms with Crippen molar-refractivity contribution in [2.75, 3.05) is 11.1 Å². The first kappa shape index (κ1) is 12.1. The highest BCUT2D eigenvalue weighted by Crippen LogP contribution is 2.32. The van der Waals surface area contributed by atoms with Gasteiger partial charge < -0.3 is 16.2 Å². The highest BCUT2D eigenvalue weighted by molar-refractivity contribution is 6.40. The first-order valence-corrected chi connectivity index (χ1v) is 4.91. The van der Waals surface area contributed by atoms with E-state index in [1.54, 1.807) is 0 Å². The Morgan fingerprint density at radius 1 is 1.47 bits per heavy atom. The van der Waals surface area contributed by atoms with Gasteiger partial charge in [-0.3, -0.25) is 4.79 Å². The number of benzene rings is 1. The molecule has 1 rings (SSSR count). The SMILES string of the molecule is CC(O)C(=O)Nc1c(Cl)cc(N)cc1Cl. The molecule has 0 bridgehead atoms. The quantitative estimate of drug-likeness (QED) is 0.700. The summed E-state index contributed by atoms with van der Waals surface area (Å²) >= 11 is 11.6. The van der Waals surface area contributed by atoms with Crippen molar-refractivity contribution in [3.8, 4) is 0 Å². The second kappa shape index (κ2) is 4.70. The molecule has 15 heavy (non-hydrogen) atoms. The van der Waals surface area contributed by atoms with Crippen LogP contribution in [0.1, 0.15) is 6.92 Å². The Balaban J connectivity index is 3.00. The van der Waals surface area contributed by atoms with Crippen LogP contribution in [0.5, 0.6) is 0 Å². The summed E-state index contributed by atoms with van der Waals surface area (Å²) in [5.41, 5.74) is 6.14. The van der Waals surface area contributed by atoms with Crippen LogP contribution in [0.4, 0.5) is 11.4 Å². The number of carbonyl (C=O) groups excluding carboxylic acids is 1. The number of nitrogen functional groups attached to an aromatic ring is 1. The number of rotatable bonds is 2. The van der Waals surface area contributed by atoms with E-state index < -0.39 is 12.0 Å². The monoisotopic (exact) mass is 248 g/mol. The van der Waals surface area contributed by atoms with Gasteiger partial charge in [-0.25, -0.2) is 0 Å². The summed E-state index contributed by atoms with van der Waals surface area (Å²) < 4.78 is 0. The van der Waals surface area contributed by atoms with Gasteiger partial charge in [0.25, 0.3) is 5.91 Å². The first-order chi connectivity index (χ1) is 6.91. The molecule has 0 spiro atoms. The lowest BCUT2D eigenvalue weighted by Gasteiger charge is -2.11. The Labute approximate surface area is 97.0 Å². The van der Waals surface area contributed by atoms with Crippen molar-refractivity contribution in [1.29, 1.82) is 0 Å². The minimum absolute atomic E-state index is 0.231. The predicted octanol–water partition coefficient (Wildman–Crippen LogP) is 1.89. The highest BCUT2D eigenvalue weighted by Gasteiger charge is 2.14. The molecule has 1 aromatic carbocycles. The first-order valence-electron chi connectivity index (χ1n) is 4.15. The predicted molar refractivity (Wildman–Crippen MR) is 61.2 cm³/mol. The fourth-order valence-corrected chi connectivity index (χ4v) is 1.54. The van der Waals surface area contributed by atoms with E-state index in [0.717, 1.165) is 0 Å². The van der Waals surface area contributed by atoms with Gasteiger partial charge in [0.2, 0.25) is 0 Å². The molecule has 6 heteroatoms. The minimum atomic E-state index is -1.13. The van der Waals surface area contributed by atoms with E-state index in [9.17, 15) is 4.79 Å². The third-order valence-corrected chi connectivity index (χ3v) is 2.29. The second-order valence-electron chi connectivity index (χ2n) is 3.02. The van der Waals surface area contributed by atoms with Crippen LogP contribution < -0.4 is 11.1 Å². The van der Waals surface area contributed by atoms with Gasteiger partial charge in [0.15, 0.2) is 0 Å². The van der Waals surface area contributed by atoms with E-state index in [4.69, 9.17) is 34.0 Å². The Bertz CT molecular complexity index is 371. The zero-order valence-electron chi connectivity index (χ0n) is 7.92. The molecule has 0 aliphatic heterocycles. The molecular formula is C9H10Cl2N2O2. The Kier molecular flexibility index (Phi) is 3.79. The standard InChI is InChI=1S/C9H10Cl2N2O2/c1-4(14)9(15)13-8-6(10)2-5(12)3-7(8)11/h2-4,14H,12H2,1H3,(H,13,15). The molecule has 82 valence electrons. The number of aliphatic hydroxyl groups excluding tert-OH is 1. The molecule has 4 nitrogen and oxygen atoms in total. The zero-order valence-corrected chi connectivity index (χ0v) is 9.43. The summed E-state index contributed by atoms with van der Waals surface area (Å²) in [6, 6.07) is 2.93. The van der Waals surface area contributed by atoms with Crippen molar-refractivity contribution in [1.82, 2.24) is 0 Å². The van der Waals surface area contributed by atoms with Crippen molar-refractivity contribution in [3.63, 3.8) is 0 Å². The molecule has 4 N–H and O–H groups in total. The van der Waals surface area contributed by atoms with Crippen LogP contribution in [0, 0.1) is 0 Å². The summed E-state index contributed by atoms with van der Waals surface area (Å²) in [7, 11) is 0. The topological polar surface area (TPSA) is 75.3 Å². The van der Waals surface area contributed by atoms with E-state index in [2.05, 4.69) is 5.32 Å². The lowest BCUT2D eigenvalue weighted by molar-refractivity contribution is -0.123. The van der Waals surface area contributed by atoms with Crippen LogP contribution in [0.25, 0.3) is 0 Å². The lowest BCUT2D eigenvalue weighted by atomic mass is 10.2. The Morgan fingerprint density at radius 2 is 1.93 bits per heavy atom. The van der Waals surface area contributed by atoms with Crippen molar-refractivity contribution in [2.45, 2.75) is 13.0 Å². The summed E-state index contributed by atoms with van der Waals surface area (Å²) in [6.07, 6.45) is -1.13. The molecule has 1 aromatic rings. The average Bonchev–Trinajstić information content (AvgIpc) is 2.10. The number of hydrogen-bond acceptors (Lipinski definition) is 3. The van der Waals surface area contributed by atoms with E-state index in [1.165, 1.54) is 19.1 Å². The fraction of sp³-hybridized carbons (Fsp3) is 0.222. The number of nitrogens with two attached hydrogens (primary N) is 1. The van der Waals surface area contributed by atoms with Crippen LogP contribution in [0.2, 0.25) is 10.0 Å². The van der Waals surface area contributed by atoms with Crippen LogP contribution >= 0.6 is 23.2 Å². The smallest absolute Gasteiger partial charge is 0.252 e. The van der Waals surface area contributed by atoms with Gasteiger partial charge in [0.1, 0.15) is 6.10 Å². The van der Waals surface area contributed by atoms with Crippen LogP contribution in [0.15, 0.2) is 12.1 Å². The molecule has 0 aliphatic carbocycles. The molecule has 0 fully saturated rings. The number of hydrogen-bond donors (Lipinski definition) is 3. The summed E-state index contributed by atoms with van der Waals surface area (Å²) in [5.74, 6) is -0.580. The molecule has 0 saturated carbocycles. The number of amides is 1. The van der Waals surface area contributed by atoms with Crippen LogP contribution in [-0.2, 0) is 4.79 Å². The molecule has 0 heterocycles. The van der Waals surface area contributed by atoms with Crippen LogP contribution in [-0.4, -0.2) is 17.1 Å². The third kappa shape index (κ3) is 2.99. The third-order valence-electron chi connectivity index (χ3n) is 1.69. The maximum absolute atomic E-state index is 11.2. The number of anilines is 2. The van der Waals surface area contributed by atoms with Crippen molar-refractivity contribution < 1.29 is 9.90 Å². The summed E-state index contributed by atoms with van der Waals surface area (Å²) in [5, 5.41) is 11.9. The van der Waals surface area contributed by atoms with Gasteiger partial charge in [-0.05, 0) is 19.1 Å². The Morgan fingerprint density at radius 3 is 2.33 bits per heavy atom.